The number of unbranched alkanes of at least 4 members (excludes halogenated alkanes) is 1. The molecule has 1 heterocycles. The molecule has 0 bridgehead atoms. The van der Waals surface area contributed by atoms with Gasteiger partial charge in [-0.1, -0.05) is 27.2 Å². The Morgan fingerprint density at radius 3 is 2.82 bits per heavy atom. The molecule has 0 aliphatic rings. The number of rotatable bonds is 7. The third-order valence-corrected chi connectivity index (χ3v) is 2.26. The first-order chi connectivity index (χ1) is 8.15. The van der Waals surface area contributed by atoms with Crippen LogP contribution in [0.15, 0.2) is 6.33 Å². The minimum absolute atomic E-state index is 0.472. The monoisotopic (exact) mass is 238 g/mol. The van der Waals surface area contributed by atoms with E-state index >= 15 is 0 Å². The number of nitrogen functional groups attached to an aromatic ring is 1. The van der Waals surface area contributed by atoms with E-state index in [1.165, 1.54) is 6.33 Å². The van der Waals surface area contributed by atoms with Gasteiger partial charge in [-0.05, 0) is 12.3 Å². The molecule has 5 heteroatoms. The quantitative estimate of drug-likeness (QED) is 0.713. The Morgan fingerprint density at radius 2 is 2.18 bits per heavy atom. The average Bonchev–Trinajstić information content (AvgIpc) is 2.30. The second-order valence-electron chi connectivity index (χ2n) is 4.42. The van der Waals surface area contributed by atoms with Gasteiger partial charge in [0, 0.05) is 6.54 Å². The number of ether oxygens (including phenoxy) is 1. The van der Waals surface area contributed by atoms with E-state index in [2.05, 4.69) is 36.1 Å². The molecule has 3 N–H and O–H groups in total. The van der Waals surface area contributed by atoms with Crippen LogP contribution in [0.4, 0.5) is 11.5 Å². The number of hydrogen-bond acceptors (Lipinski definition) is 5. The summed E-state index contributed by atoms with van der Waals surface area (Å²) in [4.78, 5) is 8.15. The zero-order valence-corrected chi connectivity index (χ0v) is 10.9. The van der Waals surface area contributed by atoms with Crippen LogP contribution in [0, 0.1) is 5.92 Å². The summed E-state index contributed by atoms with van der Waals surface area (Å²) in [5.41, 5.74) is 6.43. The summed E-state index contributed by atoms with van der Waals surface area (Å²) >= 11 is 0. The normalized spacial score (nSPS) is 10.6. The smallest absolute Gasteiger partial charge is 0.242 e. The van der Waals surface area contributed by atoms with Crippen LogP contribution in [0.5, 0.6) is 5.88 Å². The molecule has 0 saturated heterocycles. The standard InChI is InChI=1S/C12H22N4O/c1-4-5-6-17-12-10(13)11(15-8-16-12)14-7-9(2)3/h8-9H,4-7,13H2,1-3H3,(H,14,15,16). The highest BCUT2D eigenvalue weighted by molar-refractivity contribution is 5.66. The van der Waals surface area contributed by atoms with Crippen molar-refractivity contribution in [2.75, 3.05) is 24.2 Å². The Labute approximate surface area is 103 Å². The van der Waals surface area contributed by atoms with Crippen LogP contribution in [-0.2, 0) is 0 Å². The van der Waals surface area contributed by atoms with E-state index in [0.29, 0.717) is 29.9 Å². The van der Waals surface area contributed by atoms with Gasteiger partial charge in [0.25, 0.3) is 0 Å². The molecule has 0 aromatic carbocycles. The van der Waals surface area contributed by atoms with Crippen molar-refractivity contribution in [1.82, 2.24) is 9.97 Å². The van der Waals surface area contributed by atoms with Crippen LogP contribution in [-0.4, -0.2) is 23.1 Å². The molecule has 1 aromatic rings. The van der Waals surface area contributed by atoms with Gasteiger partial charge in [-0.15, -0.1) is 0 Å². The van der Waals surface area contributed by atoms with Crippen molar-refractivity contribution in [3.05, 3.63) is 6.33 Å². The first-order valence-corrected chi connectivity index (χ1v) is 6.12. The highest BCUT2D eigenvalue weighted by Crippen LogP contribution is 2.24. The lowest BCUT2D eigenvalue weighted by Gasteiger charge is -2.12. The first kappa shape index (κ1) is 13.5. The summed E-state index contributed by atoms with van der Waals surface area (Å²) in [6.07, 6.45) is 3.56. The lowest BCUT2D eigenvalue weighted by Crippen LogP contribution is -2.12. The summed E-state index contributed by atoms with van der Waals surface area (Å²) in [6.45, 7) is 7.84. The number of hydrogen-bond donors (Lipinski definition) is 2. The molecule has 96 valence electrons. The Bertz CT molecular complexity index is 341. The lowest BCUT2D eigenvalue weighted by atomic mass is 10.2. The molecule has 0 aliphatic carbocycles. The summed E-state index contributed by atoms with van der Waals surface area (Å²) in [6, 6.07) is 0. The number of nitrogens with two attached hydrogens (primary N) is 1. The zero-order valence-electron chi connectivity index (χ0n) is 10.9. The van der Waals surface area contributed by atoms with Crippen LogP contribution >= 0.6 is 0 Å². The van der Waals surface area contributed by atoms with Crippen LogP contribution in [0.1, 0.15) is 33.6 Å². The maximum absolute atomic E-state index is 5.94. The van der Waals surface area contributed by atoms with Gasteiger partial charge < -0.3 is 15.8 Å². The molecule has 5 nitrogen and oxygen atoms in total. The van der Waals surface area contributed by atoms with Crippen LogP contribution in [0.25, 0.3) is 0 Å². The summed E-state index contributed by atoms with van der Waals surface area (Å²) in [5.74, 6) is 1.66. The third kappa shape index (κ3) is 4.46. The Hall–Kier alpha value is -1.52. The Morgan fingerprint density at radius 1 is 1.41 bits per heavy atom. The van der Waals surface area contributed by atoms with Crippen molar-refractivity contribution in [1.29, 1.82) is 0 Å². The maximum atomic E-state index is 5.94. The summed E-state index contributed by atoms with van der Waals surface area (Å²) in [7, 11) is 0. The van der Waals surface area contributed by atoms with E-state index in [4.69, 9.17) is 10.5 Å². The number of nitrogens with zero attached hydrogens (tertiary/aromatic N) is 2. The fraction of sp³-hybridized carbons (Fsp3) is 0.667. The third-order valence-electron chi connectivity index (χ3n) is 2.26. The molecule has 0 spiro atoms. The van der Waals surface area contributed by atoms with Crippen molar-refractivity contribution in [3.8, 4) is 5.88 Å². The Balaban J connectivity index is 2.63. The zero-order chi connectivity index (χ0) is 12.7. The topological polar surface area (TPSA) is 73.1 Å². The van der Waals surface area contributed by atoms with Crippen molar-refractivity contribution < 1.29 is 4.74 Å². The SMILES string of the molecule is CCCCOc1ncnc(NCC(C)C)c1N. The number of anilines is 2. The van der Waals surface area contributed by atoms with Gasteiger partial charge in [0.1, 0.15) is 12.0 Å². The highest BCUT2D eigenvalue weighted by Gasteiger charge is 2.08. The molecule has 0 atom stereocenters. The summed E-state index contributed by atoms with van der Waals surface area (Å²) < 4.78 is 5.51. The molecule has 0 aliphatic heterocycles. The van der Waals surface area contributed by atoms with Crippen LogP contribution in [0.2, 0.25) is 0 Å². The number of aromatic nitrogens is 2. The summed E-state index contributed by atoms with van der Waals surface area (Å²) in [5, 5.41) is 3.19. The molecule has 0 unspecified atom stereocenters. The highest BCUT2D eigenvalue weighted by atomic mass is 16.5. The fourth-order valence-electron chi connectivity index (χ4n) is 1.25. The van der Waals surface area contributed by atoms with Crippen LogP contribution < -0.4 is 15.8 Å². The van der Waals surface area contributed by atoms with E-state index in [0.717, 1.165) is 19.4 Å². The fourth-order valence-corrected chi connectivity index (χ4v) is 1.25. The van der Waals surface area contributed by atoms with E-state index in [9.17, 15) is 0 Å². The van der Waals surface area contributed by atoms with Gasteiger partial charge in [0.2, 0.25) is 5.88 Å². The van der Waals surface area contributed by atoms with Gasteiger partial charge in [0.05, 0.1) is 6.61 Å². The van der Waals surface area contributed by atoms with E-state index < -0.39 is 0 Å². The molecular weight excluding hydrogens is 216 g/mol. The van der Waals surface area contributed by atoms with Gasteiger partial charge in [-0.2, -0.15) is 4.98 Å². The average molecular weight is 238 g/mol. The maximum Gasteiger partial charge on any atom is 0.242 e. The van der Waals surface area contributed by atoms with E-state index in [1.807, 2.05) is 0 Å². The van der Waals surface area contributed by atoms with E-state index in [-0.39, 0.29) is 0 Å². The van der Waals surface area contributed by atoms with Crippen molar-refractivity contribution in [2.45, 2.75) is 33.6 Å². The predicted octanol–water partition coefficient (Wildman–Crippen LogP) is 2.31. The van der Waals surface area contributed by atoms with Crippen molar-refractivity contribution in [3.63, 3.8) is 0 Å². The molecule has 0 fully saturated rings. The van der Waals surface area contributed by atoms with Crippen molar-refractivity contribution >= 4 is 11.5 Å². The molecule has 1 rings (SSSR count). The van der Waals surface area contributed by atoms with Crippen molar-refractivity contribution in [2.24, 2.45) is 5.92 Å². The molecule has 0 saturated carbocycles. The lowest BCUT2D eigenvalue weighted by molar-refractivity contribution is 0.299. The van der Waals surface area contributed by atoms with Crippen LogP contribution in [0.3, 0.4) is 0 Å². The molecule has 0 amide bonds. The number of nitrogens with one attached hydrogen (secondary N) is 1. The second kappa shape index (κ2) is 6.93. The minimum Gasteiger partial charge on any atom is -0.476 e. The Kier molecular flexibility index (Phi) is 5.52. The van der Waals surface area contributed by atoms with Gasteiger partial charge >= 0.3 is 0 Å². The predicted molar refractivity (Wildman–Crippen MR) is 70.2 cm³/mol. The molecular formula is C12H22N4O. The van der Waals surface area contributed by atoms with E-state index in [1.54, 1.807) is 0 Å². The largest absolute Gasteiger partial charge is 0.476 e. The van der Waals surface area contributed by atoms with Gasteiger partial charge in [0.15, 0.2) is 5.82 Å². The molecule has 1 aromatic heterocycles. The molecule has 0 radical (unpaired) electrons. The molecule has 17 heavy (non-hydrogen) atoms. The minimum atomic E-state index is 0.472. The van der Waals surface area contributed by atoms with Gasteiger partial charge in [-0.3, -0.25) is 0 Å². The van der Waals surface area contributed by atoms with Gasteiger partial charge in [-0.25, -0.2) is 4.98 Å². The second-order valence-corrected chi connectivity index (χ2v) is 4.42. The first-order valence-electron chi connectivity index (χ1n) is 6.12.